The van der Waals surface area contributed by atoms with Crippen LogP contribution in [-0.2, 0) is 19.7 Å². The average molecular weight is 501 g/mol. The Labute approximate surface area is 202 Å². The minimum Gasteiger partial charge on any atom is -0.379 e. The lowest BCUT2D eigenvalue weighted by atomic mass is 10.1. The maximum Gasteiger partial charge on any atom is 0.339 e. The van der Waals surface area contributed by atoms with E-state index >= 15 is 0 Å². The van der Waals surface area contributed by atoms with Gasteiger partial charge in [-0.2, -0.15) is 8.42 Å². The van der Waals surface area contributed by atoms with Crippen molar-refractivity contribution in [3.63, 3.8) is 0 Å². The molecule has 2 aromatic rings. The van der Waals surface area contributed by atoms with Crippen molar-refractivity contribution in [1.82, 2.24) is 9.80 Å². The number of piperidine rings is 1. The Balaban J connectivity index is 1.42. The molecule has 0 bridgehead atoms. The van der Waals surface area contributed by atoms with Crippen molar-refractivity contribution in [2.75, 3.05) is 19.6 Å². The van der Waals surface area contributed by atoms with Crippen LogP contribution in [0.2, 0.25) is 0 Å². The van der Waals surface area contributed by atoms with Gasteiger partial charge in [0.25, 0.3) is 11.1 Å². The number of carbonyl (C=O) groups excluding carboxylic acids is 3. The maximum atomic E-state index is 12.7. The fraction of sp³-hybridized carbons (Fsp3) is 0.292. The Morgan fingerprint density at radius 1 is 1.00 bits per heavy atom. The summed E-state index contributed by atoms with van der Waals surface area (Å²) in [6.45, 7) is 2.90. The molecule has 2 heterocycles. The number of carbonyl (C=O) groups is 3. The van der Waals surface area contributed by atoms with Gasteiger partial charge in [0.1, 0.15) is 17.2 Å². The quantitative estimate of drug-likeness (QED) is 0.439. The summed E-state index contributed by atoms with van der Waals surface area (Å²) < 4.78 is 30.1. The van der Waals surface area contributed by atoms with Gasteiger partial charge in [-0.25, -0.2) is 0 Å². The molecular weight excluding hydrogens is 476 g/mol. The SMILES string of the molecule is Cc1ccc(S(=O)(=O)Oc2ccc(/C=C3\SC(=O)N(CC(=O)N4CCCCC4)C3=O)cc2)cc1. The Kier molecular flexibility index (Phi) is 7.08. The highest BCUT2D eigenvalue weighted by atomic mass is 32.2. The van der Waals surface area contributed by atoms with E-state index in [1.54, 1.807) is 29.2 Å². The van der Waals surface area contributed by atoms with Gasteiger partial charge in [-0.1, -0.05) is 29.8 Å². The Bertz CT molecular complexity index is 1230. The second-order valence-corrected chi connectivity index (χ2v) is 10.7. The number of amides is 3. The zero-order valence-electron chi connectivity index (χ0n) is 18.6. The number of rotatable bonds is 6. The van der Waals surface area contributed by atoms with Crippen LogP contribution in [0.3, 0.4) is 0 Å². The second kappa shape index (κ2) is 10.0. The van der Waals surface area contributed by atoms with Crippen molar-refractivity contribution in [2.24, 2.45) is 0 Å². The molecule has 4 rings (SSSR count). The first-order valence-corrected chi connectivity index (χ1v) is 13.1. The number of aryl methyl sites for hydroxylation is 1. The predicted molar refractivity (Wildman–Crippen MR) is 129 cm³/mol. The van der Waals surface area contributed by atoms with Gasteiger partial charge in [0.05, 0.1) is 4.91 Å². The summed E-state index contributed by atoms with van der Waals surface area (Å²) in [5.74, 6) is -0.611. The molecule has 2 aliphatic heterocycles. The van der Waals surface area contributed by atoms with Crippen LogP contribution in [0.15, 0.2) is 58.3 Å². The molecular formula is C24H24N2O6S2. The number of likely N-dealkylation sites (tertiary alicyclic amines) is 1. The van der Waals surface area contributed by atoms with Crippen LogP contribution < -0.4 is 4.18 Å². The topological polar surface area (TPSA) is 101 Å². The van der Waals surface area contributed by atoms with E-state index in [0.717, 1.165) is 41.5 Å². The van der Waals surface area contributed by atoms with Gasteiger partial charge in [0.15, 0.2) is 0 Å². The van der Waals surface area contributed by atoms with Gasteiger partial charge >= 0.3 is 10.1 Å². The summed E-state index contributed by atoms with van der Waals surface area (Å²) in [6.07, 6.45) is 4.48. The summed E-state index contributed by atoms with van der Waals surface area (Å²) in [7, 11) is -3.97. The lowest BCUT2D eigenvalue weighted by Gasteiger charge is -2.27. The average Bonchev–Trinajstić information content (AvgIpc) is 3.08. The van der Waals surface area contributed by atoms with Gasteiger partial charge in [0.2, 0.25) is 5.91 Å². The molecule has 0 N–H and O–H groups in total. The molecule has 2 saturated heterocycles. The molecule has 0 spiro atoms. The lowest BCUT2D eigenvalue weighted by molar-refractivity contribution is -0.136. The first-order chi connectivity index (χ1) is 16.2. The Morgan fingerprint density at radius 2 is 1.65 bits per heavy atom. The fourth-order valence-electron chi connectivity index (χ4n) is 3.67. The van der Waals surface area contributed by atoms with E-state index in [1.807, 2.05) is 6.92 Å². The molecule has 0 unspecified atom stereocenters. The monoisotopic (exact) mass is 500 g/mol. The van der Waals surface area contributed by atoms with Crippen molar-refractivity contribution in [2.45, 2.75) is 31.1 Å². The van der Waals surface area contributed by atoms with E-state index in [-0.39, 0.29) is 28.0 Å². The van der Waals surface area contributed by atoms with Gasteiger partial charge < -0.3 is 9.08 Å². The van der Waals surface area contributed by atoms with Crippen LogP contribution in [0.1, 0.15) is 30.4 Å². The fourth-order valence-corrected chi connectivity index (χ4v) is 5.43. The summed E-state index contributed by atoms with van der Waals surface area (Å²) in [5, 5.41) is -0.481. The smallest absolute Gasteiger partial charge is 0.339 e. The van der Waals surface area contributed by atoms with E-state index in [0.29, 0.717) is 18.7 Å². The summed E-state index contributed by atoms with van der Waals surface area (Å²) in [5.41, 5.74) is 1.52. The molecule has 178 valence electrons. The van der Waals surface area contributed by atoms with Crippen molar-refractivity contribution in [3.8, 4) is 5.75 Å². The number of hydrogen-bond donors (Lipinski definition) is 0. The third-order valence-corrected chi connectivity index (χ3v) is 7.74. The number of thioether (sulfide) groups is 1. The van der Waals surface area contributed by atoms with Gasteiger partial charge in [-0.05, 0) is 73.9 Å². The summed E-state index contributed by atoms with van der Waals surface area (Å²) >= 11 is 0.779. The molecule has 2 aliphatic rings. The van der Waals surface area contributed by atoms with E-state index in [9.17, 15) is 22.8 Å². The molecule has 0 saturated carbocycles. The molecule has 2 aromatic carbocycles. The Hall–Kier alpha value is -3.11. The largest absolute Gasteiger partial charge is 0.379 e. The van der Waals surface area contributed by atoms with Crippen LogP contribution >= 0.6 is 11.8 Å². The van der Waals surface area contributed by atoms with Crippen LogP contribution in [0, 0.1) is 6.92 Å². The highest BCUT2D eigenvalue weighted by Gasteiger charge is 2.37. The van der Waals surface area contributed by atoms with Crippen LogP contribution in [0.4, 0.5) is 4.79 Å². The molecule has 0 aliphatic carbocycles. The minimum atomic E-state index is -3.97. The van der Waals surface area contributed by atoms with Crippen LogP contribution in [0.5, 0.6) is 5.75 Å². The lowest BCUT2D eigenvalue weighted by Crippen LogP contribution is -2.44. The molecule has 0 aromatic heterocycles. The standard InChI is InChI=1S/C24H24N2O6S2/c1-17-5-11-20(12-6-17)34(30,31)32-19-9-7-18(8-10-19)15-21-23(28)26(24(29)33-21)16-22(27)25-13-3-2-4-14-25/h5-12,15H,2-4,13-14,16H2,1H3/b21-15-. The van der Waals surface area contributed by atoms with Crippen molar-refractivity contribution in [1.29, 1.82) is 0 Å². The predicted octanol–water partition coefficient (Wildman–Crippen LogP) is 3.81. The molecule has 10 heteroatoms. The highest BCUT2D eigenvalue weighted by molar-refractivity contribution is 8.18. The summed E-state index contributed by atoms with van der Waals surface area (Å²) in [6, 6.07) is 12.5. The highest BCUT2D eigenvalue weighted by Crippen LogP contribution is 2.32. The molecule has 2 fully saturated rings. The van der Waals surface area contributed by atoms with Gasteiger partial charge in [-0.15, -0.1) is 0 Å². The van der Waals surface area contributed by atoms with Crippen molar-refractivity contribution >= 4 is 45.0 Å². The van der Waals surface area contributed by atoms with E-state index in [1.165, 1.54) is 30.3 Å². The molecule has 34 heavy (non-hydrogen) atoms. The number of benzene rings is 2. The number of hydrogen-bond acceptors (Lipinski definition) is 7. The first-order valence-electron chi connectivity index (χ1n) is 10.9. The van der Waals surface area contributed by atoms with E-state index in [4.69, 9.17) is 4.18 Å². The normalized spacial score (nSPS) is 18.0. The third kappa shape index (κ3) is 5.51. The minimum absolute atomic E-state index is 0.0509. The molecule has 8 nitrogen and oxygen atoms in total. The third-order valence-electron chi connectivity index (χ3n) is 5.57. The van der Waals surface area contributed by atoms with Crippen molar-refractivity contribution < 1.29 is 27.0 Å². The van der Waals surface area contributed by atoms with Crippen LogP contribution in [-0.4, -0.2) is 54.9 Å². The first kappa shape index (κ1) is 24.0. The van der Waals surface area contributed by atoms with Crippen LogP contribution in [0.25, 0.3) is 6.08 Å². The molecule has 3 amide bonds. The summed E-state index contributed by atoms with van der Waals surface area (Å²) in [4.78, 5) is 40.4. The maximum absolute atomic E-state index is 12.7. The van der Waals surface area contributed by atoms with Gasteiger partial charge in [-0.3, -0.25) is 19.3 Å². The Morgan fingerprint density at radius 3 is 2.29 bits per heavy atom. The number of imide groups is 1. The number of nitrogens with zero attached hydrogens (tertiary/aromatic N) is 2. The zero-order chi connectivity index (χ0) is 24.3. The molecule has 0 atom stereocenters. The van der Waals surface area contributed by atoms with E-state index in [2.05, 4.69) is 0 Å². The molecule has 0 radical (unpaired) electrons. The van der Waals surface area contributed by atoms with Gasteiger partial charge in [0, 0.05) is 13.1 Å². The second-order valence-electron chi connectivity index (χ2n) is 8.13. The van der Waals surface area contributed by atoms with E-state index < -0.39 is 21.3 Å². The zero-order valence-corrected chi connectivity index (χ0v) is 20.2. The van der Waals surface area contributed by atoms with Crippen molar-refractivity contribution in [3.05, 3.63) is 64.6 Å².